The Labute approximate surface area is 708 Å². The van der Waals surface area contributed by atoms with Gasteiger partial charge in [0.15, 0.2) is 0 Å². The molecule has 0 spiro atoms. The zero-order valence-electron chi connectivity index (χ0n) is 58.0. The zero-order valence-corrected chi connectivity index (χ0v) is 73.4. The van der Waals surface area contributed by atoms with Crippen LogP contribution in [0.4, 0.5) is 0 Å². The Morgan fingerprint density at radius 3 is 1.19 bits per heavy atom. The van der Waals surface area contributed by atoms with E-state index in [1.165, 1.54) is 17.1 Å². The van der Waals surface area contributed by atoms with E-state index in [2.05, 4.69) is 121 Å². The first-order valence-electron chi connectivity index (χ1n) is 31.1. The van der Waals surface area contributed by atoms with Crippen LogP contribution >= 0.6 is 177 Å². The molecule has 14 nitrogen and oxygen atoms in total. The Kier molecular flexibility index (Phi) is 37.6. The summed E-state index contributed by atoms with van der Waals surface area (Å²) in [7, 11) is 0. The van der Waals surface area contributed by atoms with Gasteiger partial charge in [0, 0.05) is 108 Å². The fourth-order valence-corrected chi connectivity index (χ4v) is 15.5. The maximum atomic E-state index is 11.9. The minimum absolute atomic E-state index is 0. The van der Waals surface area contributed by atoms with Crippen LogP contribution in [0.2, 0.25) is 40.2 Å². The monoisotopic (exact) mass is 1820 g/mol. The number of halogens is 11. The number of nitrogens with one attached hydrogen (secondary N) is 1. The summed E-state index contributed by atoms with van der Waals surface area (Å²) in [5, 5.41) is 40.3. The number of H-pyrrole nitrogens is 1. The zero-order chi connectivity index (χ0) is 74.4. The summed E-state index contributed by atoms with van der Waals surface area (Å²) in [5.41, 5.74) is 11.5. The van der Waals surface area contributed by atoms with Crippen LogP contribution in [0.5, 0.6) is 0 Å². The number of carboxylic acid groups (broad SMARTS) is 1. The van der Waals surface area contributed by atoms with Gasteiger partial charge in [-0.1, -0.05) is 172 Å². The van der Waals surface area contributed by atoms with E-state index < -0.39 is 15.5 Å². The topological polar surface area (TPSA) is 193 Å². The van der Waals surface area contributed by atoms with Crippen molar-refractivity contribution in [1.29, 1.82) is 0 Å². The van der Waals surface area contributed by atoms with Crippen LogP contribution in [-0.4, -0.2) is 89.2 Å². The summed E-state index contributed by atoms with van der Waals surface area (Å²) in [6.45, 7) is 22.2. The normalized spacial score (nSPS) is 11.2. The number of benzene rings is 8. The van der Waals surface area contributed by atoms with E-state index in [0.717, 1.165) is 102 Å². The van der Waals surface area contributed by atoms with Gasteiger partial charge in [0.1, 0.15) is 10.5 Å². The molecule has 8 aromatic carbocycles. The number of thiol groups is 1. The van der Waals surface area contributed by atoms with Gasteiger partial charge in [-0.3, -0.25) is 33.5 Å². The number of esters is 1. The Balaban J connectivity index is 0.000000276. The number of rotatable bonds is 15. The van der Waals surface area contributed by atoms with Gasteiger partial charge in [-0.15, -0.1) is 23.5 Å². The molecule has 12 aromatic rings. The third-order valence-electron chi connectivity index (χ3n) is 15.5. The number of carbonyl (C=O) groups is 3. The second-order valence-electron chi connectivity index (χ2n) is 23.7. The van der Waals surface area contributed by atoms with Gasteiger partial charge >= 0.3 is 41.5 Å². The summed E-state index contributed by atoms with van der Waals surface area (Å²) in [6, 6.07) is 46.2. The molecule has 1 unspecified atom stereocenters. The van der Waals surface area contributed by atoms with Gasteiger partial charge in [-0.25, -0.2) is 0 Å². The number of carboxylic acids is 1. The Hall–Kier alpha value is -3.98. The molecule has 548 valence electrons. The van der Waals surface area contributed by atoms with Gasteiger partial charge in [-0.2, -0.15) is 33.0 Å². The third kappa shape index (κ3) is 25.0. The number of Topliss-reactive ketones (excluding diaryl/α,β-unsaturated/α-hetero) is 1. The van der Waals surface area contributed by atoms with E-state index >= 15 is 0 Å². The number of aryl methyl sites for hydroxylation is 4. The molecule has 3 N–H and O–H groups in total. The summed E-state index contributed by atoms with van der Waals surface area (Å²) in [6.07, 6.45) is 0. The summed E-state index contributed by atoms with van der Waals surface area (Å²) in [5.74, 6) is -0.957. The molecule has 1 atom stereocenters. The van der Waals surface area contributed by atoms with Crippen molar-refractivity contribution in [2.75, 3.05) is 6.61 Å². The standard InChI is InChI=1S/C20H20Cl2N2OS.C19H18Cl2N2O2S.C15H11BrCl2N2.C8H7BrN2.C7H5BrCl2.C5H10O2S.CH4.Na.H2O/c1-12-15-9-8-14(26-20(3,4)13(2)25)10-19(15)24(23-12)11-16-17(21)6-5-7-18(16)22;1-11-13-8-7-12(26-19(2,3)18(24)25)9-17(13)23(22-11)10-14-15(20)5-4-6-16(14)21;1-9-11-6-5-10(16)7-15(11)20(19-9)8-12-13(17)3-2-4-14(12)18;1-5-7-3-2-6(9)4-8(7)11-10-5;8-4-5-6(9)2-1-3-7(5)10;1-3-7-5(6)4(2)8;;;/h5-10H,11H2,1-4H3;4-9H,10H2,1-3H3,(H,24,25);2-7H,8H2,1H3;2-4H,1H3,(H,10,11);1-3H,4H2;4,8H,3H2,1-2H3;1H4;;1H2/q;;;;;;;+1;/p-1. The molecule has 0 radical (unpaired) electrons. The molecular weight excluding hydrogens is 1750 g/mol. The van der Waals surface area contributed by atoms with Crippen LogP contribution in [0.3, 0.4) is 0 Å². The van der Waals surface area contributed by atoms with Crippen molar-refractivity contribution in [2.24, 2.45) is 0 Å². The van der Waals surface area contributed by atoms with E-state index in [1.54, 1.807) is 58.5 Å². The van der Waals surface area contributed by atoms with Crippen LogP contribution in [0.1, 0.15) is 101 Å². The van der Waals surface area contributed by atoms with Crippen molar-refractivity contribution in [1.82, 2.24) is 39.5 Å². The summed E-state index contributed by atoms with van der Waals surface area (Å²) >= 11 is 66.2. The first-order valence-corrected chi connectivity index (χ1v) is 38.9. The van der Waals surface area contributed by atoms with Crippen LogP contribution in [0, 0.1) is 27.7 Å². The van der Waals surface area contributed by atoms with Crippen LogP contribution in [0.25, 0.3) is 43.6 Å². The number of fused-ring (bicyclic) bond motifs is 4. The number of nitrogens with zero attached hydrogens (tertiary/aromatic N) is 7. The van der Waals surface area contributed by atoms with Crippen molar-refractivity contribution in [3.63, 3.8) is 0 Å². The number of thioether (sulfide) groups is 2. The van der Waals surface area contributed by atoms with E-state index in [4.69, 9.17) is 92.8 Å². The van der Waals surface area contributed by atoms with Crippen molar-refractivity contribution in [2.45, 2.75) is 133 Å². The molecule has 12 rings (SSSR count). The first kappa shape index (κ1) is 92.4. The molecule has 0 aliphatic rings. The number of ketones is 1. The van der Waals surface area contributed by atoms with E-state index in [9.17, 15) is 19.5 Å². The number of hydrogen-bond acceptors (Lipinski definition) is 12. The number of carbonyl (C=O) groups excluding carboxylic acids is 2. The minimum atomic E-state index is -0.917. The molecule has 4 heterocycles. The molecular formula is C75H76Br3Cl8N8NaO6S3. The van der Waals surface area contributed by atoms with Gasteiger partial charge in [-0.05, 0) is 203 Å². The second kappa shape index (κ2) is 42.3. The minimum Gasteiger partial charge on any atom is -0.870 e. The molecule has 0 aliphatic heterocycles. The average molecular weight is 1830 g/mol. The molecule has 4 aromatic heterocycles. The fourth-order valence-electron chi connectivity index (χ4n) is 9.69. The Morgan fingerprint density at radius 2 is 0.875 bits per heavy atom. The summed E-state index contributed by atoms with van der Waals surface area (Å²) in [4.78, 5) is 35.6. The third-order valence-corrected chi connectivity index (χ3v) is 22.5. The van der Waals surface area contributed by atoms with Gasteiger partial charge in [0.05, 0.1) is 75.4 Å². The predicted octanol–water partition coefficient (Wildman–Crippen LogP) is 22.1. The fraction of sp³-hybridized carbons (Fsp3) is 0.267. The smallest absolute Gasteiger partial charge is 0.870 e. The molecule has 0 aliphatic carbocycles. The number of ether oxygens (including phenoxy) is 1. The quantitative estimate of drug-likeness (QED) is 0.0290. The molecule has 0 amide bonds. The van der Waals surface area contributed by atoms with Gasteiger partial charge in [0.2, 0.25) is 0 Å². The van der Waals surface area contributed by atoms with Crippen LogP contribution in [0.15, 0.2) is 164 Å². The number of aromatic amines is 1. The van der Waals surface area contributed by atoms with E-state index in [-0.39, 0.29) is 59.5 Å². The summed E-state index contributed by atoms with van der Waals surface area (Å²) < 4.78 is 11.0. The van der Waals surface area contributed by atoms with Gasteiger partial charge < -0.3 is 15.3 Å². The van der Waals surface area contributed by atoms with Crippen molar-refractivity contribution in [3.05, 3.63) is 240 Å². The number of aliphatic carboxylic acids is 1. The van der Waals surface area contributed by atoms with Crippen molar-refractivity contribution in [3.8, 4) is 0 Å². The Bertz CT molecular complexity index is 4720. The molecule has 0 saturated heterocycles. The molecule has 29 heteroatoms. The second-order valence-corrected chi connectivity index (χ2v) is 33.5. The predicted molar refractivity (Wildman–Crippen MR) is 447 cm³/mol. The molecule has 0 saturated carbocycles. The van der Waals surface area contributed by atoms with Crippen molar-refractivity contribution < 1.29 is 59.3 Å². The van der Waals surface area contributed by atoms with Crippen LogP contribution < -0.4 is 29.6 Å². The maximum Gasteiger partial charge on any atom is 1.00 e. The molecule has 0 fully saturated rings. The Morgan fingerprint density at radius 1 is 0.548 bits per heavy atom. The van der Waals surface area contributed by atoms with Crippen molar-refractivity contribution >= 4 is 238 Å². The average Bonchev–Trinajstić information content (AvgIpc) is 1.68. The van der Waals surface area contributed by atoms with E-state index in [1.807, 2.05) is 159 Å². The van der Waals surface area contributed by atoms with Gasteiger partial charge in [0.25, 0.3) is 0 Å². The molecule has 104 heavy (non-hydrogen) atoms. The molecule has 0 bridgehead atoms. The number of hydrogen-bond donors (Lipinski definition) is 3. The first-order chi connectivity index (χ1) is 47.6. The number of alkyl halides is 1. The van der Waals surface area contributed by atoms with E-state index in [0.29, 0.717) is 71.8 Å². The largest absolute Gasteiger partial charge is 1.00 e. The maximum absolute atomic E-state index is 11.9. The number of aromatic nitrogens is 8. The van der Waals surface area contributed by atoms with Crippen LogP contribution in [-0.2, 0) is 44.1 Å². The SMILES string of the molecule is C.CC(=O)C(C)(C)Sc1ccc2c(C)nn(Cc3c(Cl)cccc3Cl)c2c1.CCOC(=O)C(C)S.Cc1[nH]nc2cc(Br)ccc12.Cc1nn(Cc2c(Cl)cccc2Cl)c2cc(Br)ccc12.Cc1nn(Cc2c(Cl)cccc2Cl)c2cc(SC(C)(C)C(=O)O)ccc12.Clc1cccc(Cl)c1CBr.[Na+].[OH-].